The van der Waals surface area contributed by atoms with E-state index in [4.69, 9.17) is 10.5 Å². The molecule has 3 rings (SSSR count). The number of H-pyrrole nitrogens is 1. The number of ether oxygens (including phenoxy) is 1. The summed E-state index contributed by atoms with van der Waals surface area (Å²) < 4.78 is 21.1. The molecule has 0 fully saturated rings. The third-order valence-electron chi connectivity index (χ3n) is 4.06. The summed E-state index contributed by atoms with van der Waals surface area (Å²) in [6.45, 7) is 0.277. The predicted molar refractivity (Wildman–Crippen MR) is 106 cm³/mol. The molecule has 1 aromatic carbocycles. The average molecular weight is 419 g/mol. The van der Waals surface area contributed by atoms with Crippen molar-refractivity contribution in [3.8, 4) is 5.69 Å². The van der Waals surface area contributed by atoms with Gasteiger partial charge in [0.1, 0.15) is 17.2 Å². The molecule has 0 saturated carbocycles. The molecule has 9 nitrogen and oxygen atoms in total. The van der Waals surface area contributed by atoms with Crippen LogP contribution in [0.5, 0.6) is 0 Å². The molecule has 0 spiro atoms. The lowest BCUT2D eigenvalue weighted by atomic mass is 10.2. The fraction of sp³-hybridized carbons (Fsp3) is 0.222. The summed E-state index contributed by atoms with van der Waals surface area (Å²) in [5, 5.41) is 0.437. The zero-order chi connectivity index (χ0) is 21.0. The summed E-state index contributed by atoms with van der Waals surface area (Å²) >= 11 is 1.06. The number of halogens is 1. The van der Waals surface area contributed by atoms with Gasteiger partial charge in [-0.1, -0.05) is 17.8 Å². The number of hydrogen-bond acceptors (Lipinski definition) is 7. The second-order valence-electron chi connectivity index (χ2n) is 5.94. The number of nitrogens with zero attached hydrogens (tertiary/aromatic N) is 3. The van der Waals surface area contributed by atoms with Crippen LogP contribution in [-0.2, 0) is 11.3 Å². The van der Waals surface area contributed by atoms with Gasteiger partial charge in [-0.05, 0) is 18.2 Å². The van der Waals surface area contributed by atoms with Gasteiger partial charge in [-0.3, -0.25) is 23.7 Å². The van der Waals surface area contributed by atoms with Gasteiger partial charge in [0.15, 0.2) is 10.9 Å². The maximum absolute atomic E-state index is 13.5. The summed E-state index contributed by atoms with van der Waals surface area (Å²) in [6, 6.07) is 5.92. The van der Waals surface area contributed by atoms with Crippen LogP contribution in [0.1, 0.15) is 10.4 Å². The second-order valence-corrected chi connectivity index (χ2v) is 6.88. The van der Waals surface area contributed by atoms with Gasteiger partial charge >= 0.3 is 5.69 Å². The Balaban J connectivity index is 1.83. The van der Waals surface area contributed by atoms with Gasteiger partial charge in [0.05, 0.1) is 24.6 Å². The van der Waals surface area contributed by atoms with Crippen LogP contribution in [-0.4, -0.2) is 44.4 Å². The number of ketones is 1. The molecule has 0 aliphatic rings. The Bertz CT molecular complexity index is 1150. The number of imidazole rings is 1. The van der Waals surface area contributed by atoms with Gasteiger partial charge in [-0.25, -0.2) is 14.2 Å². The van der Waals surface area contributed by atoms with Gasteiger partial charge in [-0.15, -0.1) is 0 Å². The van der Waals surface area contributed by atoms with E-state index in [1.165, 1.54) is 25.4 Å². The van der Waals surface area contributed by atoms with Crippen molar-refractivity contribution < 1.29 is 13.9 Å². The van der Waals surface area contributed by atoms with Crippen LogP contribution in [0.25, 0.3) is 5.69 Å². The molecule has 0 aliphatic carbocycles. The summed E-state index contributed by atoms with van der Waals surface area (Å²) in [6.07, 6.45) is 3.15. The maximum atomic E-state index is 13.5. The Kier molecular flexibility index (Phi) is 6.29. The number of carbonyl (C=O) groups excluding carboxylic acids is 1. The average Bonchev–Trinajstić information content (AvgIpc) is 3.14. The molecular weight excluding hydrogens is 401 g/mol. The molecule has 29 heavy (non-hydrogen) atoms. The number of nitrogens with two attached hydrogens (primary N) is 1. The molecule has 0 atom stereocenters. The first-order chi connectivity index (χ1) is 13.9. The van der Waals surface area contributed by atoms with Crippen LogP contribution >= 0.6 is 11.8 Å². The number of Topliss-reactive ketones (excluding diaryl/α,β-unsaturated/α-hetero) is 1. The van der Waals surface area contributed by atoms with Crippen molar-refractivity contribution in [1.82, 2.24) is 19.1 Å². The molecule has 0 aliphatic heterocycles. The summed E-state index contributed by atoms with van der Waals surface area (Å²) in [5.41, 5.74) is 4.60. The smallest absolute Gasteiger partial charge is 0.330 e. The number of aromatic nitrogens is 4. The topological polar surface area (TPSA) is 125 Å². The number of hydrogen-bond donors (Lipinski definition) is 2. The van der Waals surface area contributed by atoms with E-state index >= 15 is 0 Å². The first-order valence-electron chi connectivity index (χ1n) is 8.49. The van der Waals surface area contributed by atoms with E-state index in [1.807, 2.05) is 0 Å². The van der Waals surface area contributed by atoms with Gasteiger partial charge in [0.2, 0.25) is 0 Å². The lowest BCUT2D eigenvalue weighted by Crippen LogP contribution is -2.37. The number of anilines is 1. The number of methoxy groups -OCH3 is 1. The lowest BCUT2D eigenvalue weighted by Gasteiger charge is -2.12. The highest BCUT2D eigenvalue weighted by molar-refractivity contribution is 7.99. The highest BCUT2D eigenvalue weighted by Crippen LogP contribution is 2.22. The van der Waals surface area contributed by atoms with Crippen molar-refractivity contribution in [3.05, 3.63) is 68.9 Å². The fourth-order valence-corrected chi connectivity index (χ4v) is 3.53. The van der Waals surface area contributed by atoms with E-state index in [0.717, 1.165) is 16.3 Å². The van der Waals surface area contributed by atoms with E-state index < -0.39 is 22.8 Å². The molecule has 0 unspecified atom stereocenters. The molecule has 0 amide bonds. The first kappa shape index (κ1) is 20.6. The molecule has 3 aromatic rings. The lowest BCUT2D eigenvalue weighted by molar-refractivity contribution is 0.102. The largest absolute Gasteiger partial charge is 0.384 e. The number of nitrogen functional groups attached to an aromatic ring is 1. The summed E-state index contributed by atoms with van der Waals surface area (Å²) in [4.78, 5) is 43.0. The van der Waals surface area contributed by atoms with E-state index in [1.54, 1.807) is 22.9 Å². The first-order valence-corrected chi connectivity index (χ1v) is 9.47. The predicted octanol–water partition coefficient (Wildman–Crippen LogP) is 1.07. The van der Waals surface area contributed by atoms with Crippen molar-refractivity contribution in [1.29, 1.82) is 0 Å². The van der Waals surface area contributed by atoms with Gasteiger partial charge < -0.3 is 10.5 Å². The number of thioether (sulfide) groups is 1. The fourth-order valence-electron chi connectivity index (χ4n) is 2.68. The highest BCUT2D eigenvalue weighted by atomic mass is 32.2. The SMILES string of the molecule is COCCn1c(N)c(C(=O)CSc2nccn2-c2cccc(F)c2)c(=O)[nH]c1=O. The van der Waals surface area contributed by atoms with Gasteiger partial charge in [0, 0.05) is 19.5 Å². The zero-order valence-electron chi connectivity index (χ0n) is 15.4. The molecule has 3 N–H and O–H groups in total. The third-order valence-corrected chi connectivity index (χ3v) is 5.03. The van der Waals surface area contributed by atoms with Gasteiger partial charge in [-0.2, -0.15) is 0 Å². The Hall–Kier alpha value is -3.18. The molecule has 11 heteroatoms. The molecule has 0 radical (unpaired) electrons. The molecule has 0 saturated heterocycles. The number of benzene rings is 1. The van der Waals surface area contributed by atoms with Crippen LogP contribution in [0.4, 0.5) is 10.2 Å². The summed E-state index contributed by atoms with van der Waals surface area (Å²) in [5.74, 6) is -1.33. The Morgan fingerprint density at radius 3 is 2.90 bits per heavy atom. The van der Waals surface area contributed by atoms with Crippen molar-refractivity contribution in [2.24, 2.45) is 0 Å². The second kappa shape index (κ2) is 8.88. The maximum Gasteiger partial charge on any atom is 0.330 e. The normalized spacial score (nSPS) is 11.0. The minimum atomic E-state index is -0.847. The number of rotatable bonds is 8. The van der Waals surface area contributed by atoms with E-state index in [2.05, 4.69) is 9.97 Å². The highest BCUT2D eigenvalue weighted by Gasteiger charge is 2.20. The molecule has 2 heterocycles. The van der Waals surface area contributed by atoms with Crippen LogP contribution in [0.3, 0.4) is 0 Å². The minimum Gasteiger partial charge on any atom is -0.384 e. The Morgan fingerprint density at radius 1 is 1.38 bits per heavy atom. The van der Waals surface area contributed by atoms with Crippen molar-refractivity contribution in [2.75, 3.05) is 25.2 Å². The Labute approximate surface area is 168 Å². The van der Waals surface area contributed by atoms with Crippen LogP contribution < -0.4 is 17.0 Å². The minimum absolute atomic E-state index is 0.0926. The number of aromatic amines is 1. The van der Waals surface area contributed by atoms with E-state index in [-0.39, 0.29) is 30.3 Å². The zero-order valence-corrected chi connectivity index (χ0v) is 16.2. The van der Waals surface area contributed by atoms with Crippen LogP contribution in [0.2, 0.25) is 0 Å². The van der Waals surface area contributed by atoms with Crippen LogP contribution in [0, 0.1) is 5.82 Å². The standard InChI is InChI=1S/C18H18FN5O4S/c1-28-8-7-24-15(20)14(16(26)22-17(24)27)13(25)10-29-18-21-5-6-23(18)12-4-2-3-11(19)9-12/h2-6,9H,7-8,10,20H2,1H3,(H,22,26,27). The van der Waals surface area contributed by atoms with Crippen LogP contribution in [0.15, 0.2) is 51.4 Å². The molecule has 152 valence electrons. The van der Waals surface area contributed by atoms with Crippen molar-refractivity contribution in [2.45, 2.75) is 11.7 Å². The third kappa shape index (κ3) is 4.46. The number of nitrogens with one attached hydrogen (secondary N) is 1. The van der Waals surface area contributed by atoms with E-state index in [0.29, 0.717) is 10.8 Å². The van der Waals surface area contributed by atoms with E-state index in [9.17, 15) is 18.8 Å². The molecular formula is C18H18FN5O4S. The van der Waals surface area contributed by atoms with Crippen molar-refractivity contribution >= 4 is 23.4 Å². The Morgan fingerprint density at radius 2 is 2.17 bits per heavy atom. The summed E-state index contributed by atoms with van der Waals surface area (Å²) in [7, 11) is 1.45. The monoisotopic (exact) mass is 419 g/mol. The number of carbonyl (C=O) groups is 1. The van der Waals surface area contributed by atoms with Gasteiger partial charge in [0.25, 0.3) is 5.56 Å². The quantitative estimate of drug-likeness (QED) is 0.413. The van der Waals surface area contributed by atoms with Crippen molar-refractivity contribution in [3.63, 3.8) is 0 Å². The molecule has 0 bridgehead atoms. The molecule has 2 aromatic heterocycles.